The van der Waals surface area contributed by atoms with Crippen LogP contribution in [0, 0.1) is 5.92 Å². The molecule has 1 aliphatic carbocycles. The van der Waals surface area contributed by atoms with Crippen molar-refractivity contribution >= 4 is 0 Å². The molecule has 0 spiro atoms. The van der Waals surface area contributed by atoms with Gasteiger partial charge in [-0.15, -0.1) is 0 Å². The molecule has 3 unspecified atom stereocenters. The minimum atomic E-state index is 0.805. The molecule has 1 saturated heterocycles. The molecule has 1 heterocycles. The molecule has 0 aromatic carbocycles. The summed E-state index contributed by atoms with van der Waals surface area (Å²) in [6, 6.07) is 1.68. The van der Waals surface area contributed by atoms with Crippen molar-refractivity contribution in [3.8, 4) is 0 Å². The number of hydrogen-bond acceptors (Lipinski definition) is 2. The molecule has 0 aromatic rings. The minimum Gasteiger partial charge on any atom is -0.315 e. The SMILES string of the molecule is CCC1CCC(N(C)C2CCCNC2)C1. The lowest BCUT2D eigenvalue weighted by Gasteiger charge is -2.36. The summed E-state index contributed by atoms with van der Waals surface area (Å²) in [7, 11) is 2.35. The van der Waals surface area contributed by atoms with Gasteiger partial charge < -0.3 is 5.32 Å². The van der Waals surface area contributed by atoms with Crippen molar-refractivity contribution in [1.82, 2.24) is 10.2 Å². The normalized spacial score (nSPS) is 37.4. The third-order valence-corrected chi connectivity index (χ3v) is 4.51. The van der Waals surface area contributed by atoms with Gasteiger partial charge in [0.05, 0.1) is 0 Å². The first-order valence-corrected chi connectivity index (χ1v) is 6.74. The Morgan fingerprint density at radius 3 is 2.67 bits per heavy atom. The van der Waals surface area contributed by atoms with Gasteiger partial charge in [-0.1, -0.05) is 13.3 Å². The molecule has 2 nitrogen and oxygen atoms in total. The highest BCUT2D eigenvalue weighted by molar-refractivity contribution is 4.86. The van der Waals surface area contributed by atoms with E-state index in [1.54, 1.807) is 0 Å². The summed E-state index contributed by atoms with van der Waals surface area (Å²) in [6.07, 6.45) is 8.49. The monoisotopic (exact) mass is 210 g/mol. The zero-order valence-corrected chi connectivity index (χ0v) is 10.3. The van der Waals surface area contributed by atoms with Gasteiger partial charge in [-0.25, -0.2) is 0 Å². The second-order valence-corrected chi connectivity index (χ2v) is 5.41. The lowest BCUT2D eigenvalue weighted by Crippen LogP contribution is -2.47. The van der Waals surface area contributed by atoms with Gasteiger partial charge in [0.1, 0.15) is 0 Å². The first kappa shape index (κ1) is 11.4. The molecule has 0 aromatic heterocycles. The topological polar surface area (TPSA) is 15.3 Å². The Morgan fingerprint density at radius 2 is 2.07 bits per heavy atom. The lowest BCUT2D eigenvalue weighted by atomic mass is 10.0. The number of nitrogens with one attached hydrogen (secondary N) is 1. The molecule has 1 N–H and O–H groups in total. The van der Waals surface area contributed by atoms with Crippen LogP contribution in [0.25, 0.3) is 0 Å². The van der Waals surface area contributed by atoms with E-state index in [-0.39, 0.29) is 0 Å². The zero-order chi connectivity index (χ0) is 10.7. The predicted molar refractivity (Wildman–Crippen MR) is 65.1 cm³/mol. The smallest absolute Gasteiger partial charge is 0.0221 e. The molecule has 2 heteroatoms. The van der Waals surface area contributed by atoms with Gasteiger partial charge in [0.25, 0.3) is 0 Å². The third kappa shape index (κ3) is 2.73. The van der Waals surface area contributed by atoms with Crippen LogP contribution in [0.15, 0.2) is 0 Å². The van der Waals surface area contributed by atoms with Crippen molar-refractivity contribution in [3.63, 3.8) is 0 Å². The van der Waals surface area contributed by atoms with Crippen LogP contribution in [0.2, 0.25) is 0 Å². The molecule has 2 rings (SSSR count). The van der Waals surface area contributed by atoms with Crippen molar-refractivity contribution in [1.29, 1.82) is 0 Å². The maximum Gasteiger partial charge on any atom is 0.0221 e. The molecule has 1 saturated carbocycles. The number of nitrogens with zero attached hydrogens (tertiary/aromatic N) is 1. The Kier molecular flexibility index (Phi) is 4.04. The average molecular weight is 210 g/mol. The minimum absolute atomic E-state index is 0.805. The second-order valence-electron chi connectivity index (χ2n) is 5.41. The maximum absolute atomic E-state index is 3.52. The van der Waals surface area contributed by atoms with Crippen LogP contribution in [-0.2, 0) is 0 Å². The standard InChI is InChI=1S/C13H26N2/c1-3-11-6-7-12(9-11)15(2)13-5-4-8-14-10-13/h11-14H,3-10H2,1-2H3. The number of piperidine rings is 1. The van der Waals surface area contributed by atoms with E-state index in [9.17, 15) is 0 Å². The first-order chi connectivity index (χ1) is 7.31. The number of hydrogen-bond donors (Lipinski definition) is 1. The van der Waals surface area contributed by atoms with Crippen LogP contribution in [0.4, 0.5) is 0 Å². The fourth-order valence-electron chi connectivity index (χ4n) is 3.27. The molecule has 3 atom stereocenters. The summed E-state index contributed by atoms with van der Waals surface area (Å²) in [4.78, 5) is 2.67. The summed E-state index contributed by atoms with van der Waals surface area (Å²) >= 11 is 0. The van der Waals surface area contributed by atoms with Crippen LogP contribution >= 0.6 is 0 Å². The van der Waals surface area contributed by atoms with E-state index in [1.807, 2.05) is 0 Å². The largest absolute Gasteiger partial charge is 0.315 e. The third-order valence-electron chi connectivity index (χ3n) is 4.51. The van der Waals surface area contributed by atoms with Gasteiger partial charge in [0, 0.05) is 18.6 Å². The van der Waals surface area contributed by atoms with Crippen LogP contribution < -0.4 is 5.32 Å². The molecule has 88 valence electrons. The second kappa shape index (κ2) is 5.31. The summed E-state index contributed by atoms with van der Waals surface area (Å²) in [5.74, 6) is 1.01. The first-order valence-electron chi connectivity index (χ1n) is 6.74. The maximum atomic E-state index is 3.52. The van der Waals surface area contributed by atoms with Crippen molar-refractivity contribution in [2.45, 2.75) is 57.5 Å². The van der Waals surface area contributed by atoms with Crippen molar-refractivity contribution < 1.29 is 0 Å². The van der Waals surface area contributed by atoms with Crippen molar-refractivity contribution in [2.75, 3.05) is 20.1 Å². The highest BCUT2D eigenvalue weighted by atomic mass is 15.2. The Balaban J connectivity index is 1.82. The van der Waals surface area contributed by atoms with E-state index >= 15 is 0 Å². The Bertz CT molecular complexity index is 187. The van der Waals surface area contributed by atoms with E-state index in [0.29, 0.717) is 0 Å². The molecule has 2 fully saturated rings. The highest BCUT2D eigenvalue weighted by Gasteiger charge is 2.30. The van der Waals surface area contributed by atoms with Crippen LogP contribution in [-0.4, -0.2) is 37.1 Å². The molecule has 0 bridgehead atoms. The van der Waals surface area contributed by atoms with Gasteiger partial charge >= 0.3 is 0 Å². The Morgan fingerprint density at radius 1 is 1.20 bits per heavy atom. The number of rotatable bonds is 3. The number of likely N-dealkylation sites (N-methyl/N-ethyl adjacent to an activating group) is 1. The van der Waals surface area contributed by atoms with E-state index in [0.717, 1.165) is 18.0 Å². The molecule has 0 amide bonds. The Labute approximate surface area is 94.4 Å². The van der Waals surface area contributed by atoms with E-state index in [4.69, 9.17) is 0 Å². The molecular formula is C13H26N2. The highest BCUT2D eigenvalue weighted by Crippen LogP contribution is 2.32. The molecule has 0 radical (unpaired) electrons. The van der Waals surface area contributed by atoms with E-state index < -0.39 is 0 Å². The van der Waals surface area contributed by atoms with E-state index in [1.165, 1.54) is 51.6 Å². The van der Waals surface area contributed by atoms with Crippen LogP contribution in [0.5, 0.6) is 0 Å². The van der Waals surface area contributed by atoms with Gasteiger partial charge in [0.15, 0.2) is 0 Å². The molecule has 15 heavy (non-hydrogen) atoms. The van der Waals surface area contributed by atoms with Crippen molar-refractivity contribution in [2.24, 2.45) is 5.92 Å². The summed E-state index contributed by atoms with van der Waals surface area (Å²) < 4.78 is 0. The fourth-order valence-corrected chi connectivity index (χ4v) is 3.27. The van der Waals surface area contributed by atoms with E-state index in [2.05, 4.69) is 24.2 Å². The quantitative estimate of drug-likeness (QED) is 0.768. The summed E-state index contributed by atoms with van der Waals surface area (Å²) in [5.41, 5.74) is 0. The molecule has 2 aliphatic rings. The Hall–Kier alpha value is -0.0800. The van der Waals surface area contributed by atoms with Crippen molar-refractivity contribution in [3.05, 3.63) is 0 Å². The van der Waals surface area contributed by atoms with Gasteiger partial charge in [-0.2, -0.15) is 0 Å². The predicted octanol–water partition coefficient (Wildman–Crippen LogP) is 2.25. The fraction of sp³-hybridized carbons (Fsp3) is 1.00. The molecular weight excluding hydrogens is 184 g/mol. The summed E-state index contributed by atoms with van der Waals surface area (Å²) in [6.45, 7) is 4.78. The molecule has 1 aliphatic heterocycles. The zero-order valence-electron chi connectivity index (χ0n) is 10.3. The van der Waals surface area contributed by atoms with Gasteiger partial charge in [-0.05, 0) is 51.6 Å². The van der Waals surface area contributed by atoms with Gasteiger partial charge in [0.2, 0.25) is 0 Å². The lowest BCUT2D eigenvalue weighted by molar-refractivity contribution is 0.145. The van der Waals surface area contributed by atoms with Crippen LogP contribution in [0.3, 0.4) is 0 Å². The average Bonchev–Trinajstić information content (AvgIpc) is 2.78. The summed E-state index contributed by atoms with van der Waals surface area (Å²) in [5, 5.41) is 3.52. The van der Waals surface area contributed by atoms with Gasteiger partial charge in [-0.3, -0.25) is 4.90 Å². The van der Waals surface area contributed by atoms with Crippen LogP contribution in [0.1, 0.15) is 45.4 Å².